The Morgan fingerprint density at radius 3 is 2.79 bits per heavy atom. The Balaban J connectivity index is 1.94. The van der Waals surface area contributed by atoms with Gasteiger partial charge in [-0.2, -0.15) is 0 Å². The van der Waals surface area contributed by atoms with Gasteiger partial charge in [0, 0.05) is 30.1 Å². The number of nitrogens with one attached hydrogen (secondary N) is 2. The van der Waals surface area contributed by atoms with Crippen LogP contribution in [0.1, 0.15) is 24.1 Å². The molecule has 0 aliphatic rings. The summed E-state index contributed by atoms with van der Waals surface area (Å²) in [5.74, 6) is -1.49. The minimum atomic E-state index is -1.21. The van der Waals surface area contributed by atoms with Crippen molar-refractivity contribution in [2.45, 2.75) is 26.3 Å². The van der Waals surface area contributed by atoms with Crippen molar-refractivity contribution in [2.24, 2.45) is 0 Å². The summed E-state index contributed by atoms with van der Waals surface area (Å²) in [5, 5.41) is 14.0. The first kappa shape index (κ1) is 13.1. The summed E-state index contributed by atoms with van der Waals surface area (Å²) in [6.07, 6.45) is -0.296. The molecule has 1 aromatic carbocycles. The molecule has 1 amide bonds. The molecule has 2 rings (SSSR count). The standard InChI is InChI=1S/C14H16N2O3/c1-9-6-11-7-10(2-3-12(11)16-9)8-15-13(17)4-5-14(18)19/h2-3,6-7,16H,4-5,8H2,1H3,(H,15,17)(H,18,19)/p-1. The molecule has 2 N–H and O–H groups in total. The summed E-state index contributed by atoms with van der Waals surface area (Å²) in [6, 6.07) is 7.93. The molecule has 0 spiro atoms. The first-order chi connectivity index (χ1) is 9.04. The third-order valence-corrected chi connectivity index (χ3v) is 2.87. The number of aromatic nitrogens is 1. The highest BCUT2D eigenvalue weighted by Crippen LogP contribution is 2.16. The number of carboxylic acids is 1. The monoisotopic (exact) mass is 259 g/mol. The van der Waals surface area contributed by atoms with Crippen molar-refractivity contribution in [3.63, 3.8) is 0 Å². The van der Waals surface area contributed by atoms with Crippen LogP contribution in [0.3, 0.4) is 0 Å². The Kier molecular flexibility index (Phi) is 3.85. The van der Waals surface area contributed by atoms with E-state index in [1.807, 2.05) is 31.2 Å². The zero-order valence-electron chi connectivity index (χ0n) is 10.7. The van der Waals surface area contributed by atoms with E-state index in [0.717, 1.165) is 22.2 Å². The topological polar surface area (TPSA) is 85.0 Å². The van der Waals surface area contributed by atoms with Crippen LogP contribution in [-0.2, 0) is 16.1 Å². The molecule has 2 aromatic rings. The average molecular weight is 259 g/mol. The molecule has 0 unspecified atom stereocenters. The minimum absolute atomic E-state index is 0.0478. The molecule has 0 aliphatic carbocycles. The van der Waals surface area contributed by atoms with Crippen LogP contribution in [0.2, 0.25) is 0 Å². The maximum atomic E-state index is 11.4. The fourth-order valence-corrected chi connectivity index (χ4v) is 1.94. The molecule has 1 heterocycles. The van der Waals surface area contributed by atoms with Crippen LogP contribution in [0, 0.1) is 6.92 Å². The van der Waals surface area contributed by atoms with E-state index in [1.54, 1.807) is 0 Å². The smallest absolute Gasteiger partial charge is 0.220 e. The second kappa shape index (κ2) is 5.56. The van der Waals surface area contributed by atoms with Gasteiger partial charge >= 0.3 is 0 Å². The number of aromatic amines is 1. The van der Waals surface area contributed by atoms with Gasteiger partial charge in [0.2, 0.25) is 5.91 Å². The number of hydrogen-bond acceptors (Lipinski definition) is 3. The Morgan fingerprint density at radius 1 is 1.26 bits per heavy atom. The van der Waals surface area contributed by atoms with E-state index in [9.17, 15) is 14.7 Å². The SMILES string of the molecule is Cc1cc2cc(CNC(=O)CCC(=O)[O-])ccc2[nH]1. The number of benzene rings is 1. The van der Waals surface area contributed by atoms with Crippen molar-refractivity contribution in [3.05, 3.63) is 35.5 Å². The van der Waals surface area contributed by atoms with Crippen LogP contribution in [-0.4, -0.2) is 16.9 Å². The lowest BCUT2D eigenvalue weighted by atomic mass is 10.1. The molecule has 0 aliphatic heterocycles. The molecule has 19 heavy (non-hydrogen) atoms. The zero-order valence-corrected chi connectivity index (χ0v) is 10.7. The second-order valence-electron chi connectivity index (χ2n) is 4.52. The third-order valence-electron chi connectivity index (χ3n) is 2.87. The van der Waals surface area contributed by atoms with Gasteiger partial charge in [-0.05, 0) is 42.5 Å². The van der Waals surface area contributed by atoms with Gasteiger partial charge in [0.05, 0.1) is 0 Å². The highest BCUT2D eigenvalue weighted by Gasteiger charge is 2.03. The normalized spacial score (nSPS) is 10.6. The van der Waals surface area contributed by atoms with Gasteiger partial charge in [0.1, 0.15) is 0 Å². The predicted molar refractivity (Wildman–Crippen MR) is 69.1 cm³/mol. The zero-order chi connectivity index (χ0) is 13.8. The van der Waals surface area contributed by atoms with E-state index in [2.05, 4.69) is 10.3 Å². The number of fused-ring (bicyclic) bond motifs is 1. The number of carbonyl (C=O) groups is 2. The summed E-state index contributed by atoms with van der Waals surface area (Å²) in [4.78, 5) is 24.8. The van der Waals surface area contributed by atoms with Crippen molar-refractivity contribution in [3.8, 4) is 0 Å². The lowest BCUT2D eigenvalue weighted by Gasteiger charge is -2.06. The summed E-state index contributed by atoms with van der Waals surface area (Å²) < 4.78 is 0. The van der Waals surface area contributed by atoms with Crippen LogP contribution in [0.25, 0.3) is 10.9 Å². The van der Waals surface area contributed by atoms with Crippen LogP contribution >= 0.6 is 0 Å². The van der Waals surface area contributed by atoms with Crippen LogP contribution in [0.5, 0.6) is 0 Å². The van der Waals surface area contributed by atoms with Gasteiger partial charge < -0.3 is 20.2 Å². The van der Waals surface area contributed by atoms with Crippen molar-refractivity contribution in [1.29, 1.82) is 0 Å². The quantitative estimate of drug-likeness (QED) is 0.825. The maximum absolute atomic E-state index is 11.4. The lowest BCUT2D eigenvalue weighted by molar-refractivity contribution is -0.305. The van der Waals surface area contributed by atoms with Gasteiger partial charge in [0.15, 0.2) is 0 Å². The highest BCUT2D eigenvalue weighted by molar-refractivity contribution is 5.82. The summed E-state index contributed by atoms with van der Waals surface area (Å²) in [5.41, 5.74) is 3.13. The molecule has 0 saturated carbocycles. The molecule has 5 nitrogen and oxygen atoms in total. The Hall–Kier alpha value is -2.30. The average Bonchev–Trinajstić information content (AvgIpc) is 2.73. The molecule has 0 fully saturated rings. The first-order valence-corrected chi connectivity index (χ1v) is 6.09. The number of aliphatic carboxylic acids is 1. The highest BCUT2D eigenvalue weighted by atomic mass is 16.4. The lowest BCUT2D eigenvalue weighted by Crippen LogP contribution is -2.27. The van der Waals surface area contributed by atoms with Gasteiger partial charge in [0.25, 0.3) is 0 Å². The van der Waals surface area contributed by atoms with E-state index in [-0.39, 0.29) is 18.7 Å². The molecular formula is C14H15N2O3-. The Bertz CT molecular complexity index is 616. The van der Waals surface area contributed by atoms with Crippen molar-refractivity contribution < 1.29 is 14.7 Å². The van der Waals surface area contributed by atoms with Gasteiger partial charge in [-0.25, -0.2) is 0 Å². The molecule has 0 bridgehead atoms. The number of rotatable bonds is 5. The number of carbonyl (C=O) groups excluding carboxylic acids is 2. The molecular weight excluding hydrogens is 244 g/mol. The number of H-pyrrole nitrogens is 1. The minimum Gasteiger partial charge on any atom is -0.550 e. The summed E-state index contributed by atoms with van der Waals surface area (Å²) in [7, 11) is 0. The number of amides is 1. The van der Waals surface area contributed by atoms with E-state index in [0.29, 0.717) is 6.54 Å². The number of hydrogen-bond donors (Lipinski definition) is 2. The second-order valence-corrected chi connectivity index (χ2v) is 4.52. The van der Waals surface area contributed by atoms with Crippen LogP contribution in [0.15, 0.2) is 24.3 Å². The number of aryl methyl sites for hydroxylation is 1. The third kappa shape index (κ3) is 3.58. The van der Waals surface area contributed by atoms with Gasteiger partial charge in [-0.3, -0.25) is 4.79 Å². The van der Waals surface area contributed by atoms with E-state index >= 15 is 0 Å². The van der Waals surface area contributed by atoms with Gasteiger partial charge in [-0.1, -0.05) is 6.07 Å². The van der Waals surface area contributed by atoms with Crippen molar-refractivity contribution in [2.75, 3.05) is 0 Å². The Labute approximate surface area is 110 Å². The van der Waals surface area contributed by atoms with E-state index in [1.165, 1.54) is 0 Å². The molecule has 100 valence electrons. The predicted octanol–water partition coefficient (Wildman–Crippen LogP) is 0.623. The summed E-state index contributed by atoms with van der Waals surface area (Å²) in [6.45, 7) is 2.38. The van der Waals surface area contributed by atoms with Crippen LogP contribution < -0.4 is 10.4 Å². The van der Waals surface area contributed by atoms with E-state index < -0.39 is 5.97 Å². The summed E-state index contributed by atoms with van der Waals surface area (Å²) >= 11 is 0. The largest absolute Gasteiger partial charge is 0.550 e. The fourth-order valence-electron chi connectivity index (χ4n) is 1.94. The molecule has 0 saturated heterocycles. The first-order valence-electron chi connectivity index (χ1n) is 6.09. The molecule has 0 atom stereocenters. The molecule has 5 heteroatoms. The van der Waals surface area contributed by atoms with Crippen molar-refractivity contribution >= 4 is 22.8 Å². The number of carboxylic acid groups (broad SMARTS) is 1. The molecule has 0 radical (unpaired) electrons. The molecule has 1 aromatic heterocycles. The fraction of sp³-hybridized carbons (Fsp3) is 0.286. The van der Waals surface area contributed by atoms with Gasteiger partial charge in [-0.15, -0.1) is 0 Å². The Morgan fingerprint density at radius 2 is 2.05 bits per heavy atom. The van der Waals surface area contributed by atoms with Crippen LogP contribution in [0.4, 0.5) is 0 Å². The van der Waals surface area contributed by atoms with Crippen molar-refractivity contribution in [1.82, 2.24) is 10.3 Å². The maximum Gasteiger partial charge on any atom is 0.220 e. The van der Waals surface area contributed by atoms with E-state index in [4.69, 9.17) is 0 Å².